The Morgan fingerprint density at radius 2 is 0.725 bits per heavy atom. The van der Waals surface area contributed by atoms with Crippen molar-refractivity contribution >= 4 is 65.6 Å². The third kappa shape index (κ3) is 6.30. The highest BCUT2D eigenvalue weighted by Gasteiger charge is 2.23. The van der Waals surface area contributed by atoms with E-state index in [-0.39, 0.29) is 0 Å². The Morgan fingerprint density at radius 1 is 0.275 bits per heavy atom. The van der Waals surface area contributed by atoms with Crippen LogP contribution in [0.3, 0.4) is 0 Å². The van der Waals surface area contributed by atoms with Gasteiger partial charge in [0, 0.05) is 54.7 Å². The van der Waals surface area contributed by atoms with Gasteiger partial charge in [0.1, 0.15) is 0 Å². The maximum Gasteiger partial charge on any atom is 0.164 e. The van der Waals surface area contributed by atoms with Gasteiger partial charge in [0.05, 0.1) is 27.8 Å². The molecule has 0 unspecified atom stereocenters. The number of para-hydroxylation sites is 4. The second kappa shape index (κ2) is 15.6. The van der Waals surface area contributed by atoms with Crippen LogP contribution in [0, 0.1) is 0 Å². The Hall–Kier alpha value is -9.39. The first-order valence-corrected chi connectivity index (χ1v) is 23.3. The predicted octanol–water partition coefficient (Wildman–Crippen LogP) is 16.3. The van der Waals surface area contributed by atoms with E-state index in [1.807, 2.05) is 36.4 Å². The molecule has 0 atom stereocenters. The molecule has 4 heterocycles. The van der Waals surface area contributed by atoms with Gasteiger partial charge < -0.3 is 13.6 Å². The molecule has 6 heteroatoms. The number of aromatic nitrogens is 5. The third-order valence-corrected chi connectivity index (χ3v) is 13.6. The minimum Gasteiger partial charge on any atom is -0.452 e. The topological polar surface area (TPSA) is 61.7 Å². The Morgan fingerprint density at radius 3 is 1.41 bits per heavy atom. The summed E-state index contributed by atoms with van der Waals surface area (Å²) in [5.41, 5.74) is 15.4. The van der Waals surface area contributed by atoms with E-state index in [9.17, 15) is 0 Å². The zero-order chi connectivity index (χ0) is 45.4. The minimum atomic E-state index is 0.593. The molecular weight excluding hydrogens is 843 g/mol. The molecule has 0 aliphatic heterocycles. The van der Waals surface area contributed by atoms with Crippen LogP contribution in [0.15, 0.2) is 241 Å². The van der Waals surface area contributed by atoms with Crippen LogP contribution in [0.25, 0.3) is 133 Å². The van der Waals surface area contributed by atoms with E-state index in [2.05, 4.69) is 209 Å². The fourth-order valence-corrected chi connectivity index (χ4v) is 10.4. The average molecular weight is 882 g/mol. The number of hydrogen-bond donors (Lipinski definition) is 0. The van der Waals surface area contributed by atoms with Gasteiger partial charge in [-0.25, -0.2) is 15.0 Å². The molecule has 10 aromatic carbocycles. The van der Waals surface area contributed by atoms with Crippen LogP contribution in [0.2, 0.25) is 0 Å². The Kier molecular flexibility index (Phi) is 8.79. The van der Waals surface area contributed by atoms with E-state index < -0.39 is 0 Å². The summed E-state index contributed by atoms with van der Waals surface area (Å²) >= 11 is 0. The first-order chi connectivity index (χ1) is 34.2. The summed E-state index contributed by atoms with van der Waals surface area (Å²) in [6, 6.07) is 83.2. The number of benzene rings is 10. The molecule has 0 aliphatic rings. The van der Waals surface area contributed by atoms with Gasteiger partial charge in [-0.2, -0.15) is 0 Å². The van der Waals surface area contributed by atoms with Crippen LogP contribution < -0.4 is 0 Å². The second-order valence-corrected chi connectivity index (χ2v) is 17.6. The number of nitrogens with zero attached hydrogens (tertiary/aromatic N) is 5. The van der Waals surface area contributed by atoms with Crippen LogP contribution in [0.1, 0.15) is 0 Å². The molecule has 0 amide bonds. The largest absolute Gasteiger partial charge is 0.452 e. The molecule has 0 N–H and O–H groups in total. The quantitative estimate of drug-likeness (QED) is 0.160. The lowest BCUT2D eigenvalue weighted by Crippen LogP contribution is -2.00. The second-order valence-electron chi connectivity index (χ2n) is 17.6. The van der Waals surface area contributed by atoms with Gasteiger partial charge >= 0.3 is 0 Å². The van der Waals surface area contributed by atoms with Crippen molar-refractivity contribution in [3.05, 3.63) is 237 Å². The maximum absolute atomic E-state index is 7.24. The lowest BCUT2D eigenvalue weighted by molar-refractivity contribution is 0.668. The Bertz CT molecular complexity index is 4230. The van der Waals surface area contributed by atoms with Gasteiger partial charge in [0.2, 0.25) is 0 Å². The molecule has 0 saturated heterocycles. The third-order valence-electron chi connectivity index (χ3n) is 13.6. The van der Waals surface area contributed by atoms with Crippen molar-refractivity contribution in [3.63, 3.8) is 0 Å². The van der Waals surface area contributed by atoms with E-state index in [1.165, 1.54) is 21.9 Å². The van der Waals surface area contributed by atoms with Gasteiger partial charge in [0.15, 0.2) is 28.6 Å². The molecule has 6 nitrogen and oxygen atoms in total. The summed E-state index contributed by atoms with van der Waals surface area (Å²) in [6.07, 6.45) is 0. The normalized spacial score (nSPS) is 11.8. The smallest absolute Gasteiger partial charge is 0.164 e. The molecule has 0 radical (unpaired) electrons. The summed E-state index contributed by atoms with van der Waals surface area (Å²) in [5, 5.41) is 6.75. The summed E-state index contributed by atoms with van der Waals surface area (Å²) in [5.74, 6) is 1.81. The minimum absolute atomic E-state index is 0.593. The number of hydrogen-bond acceptors (Lipinski definition) is 4. The highest BCUT2D eigenvalue weighted by atomic mass is 16.3. The molecule has 4 aromatic heterocycles. The molecule has 322 valence electrons. The fourth-order valence-electron chi connectivity index (χ4n) is 10.4. The Labute approximate surface area is 396 Å². The van der Waals surface area contributed by atoms with Gasteiger partial charge in [-0.3, -0.25) is 0 Å². The average Bonchev–Trinajstić information content (AvgIpc) is 4.09. The SMILES string of the molecule is c1ccc(-c2cccc(-c3ccc(-c4nc(-c5ccccc5)nc(-c5ccc6c7ccc8c9cccc(-n%10c%11ccccc%11c%11ccccc%11%10)c9oc8c7n(-c7ccccc7)c6c5)n4)cc3)c2)cc1. The molecule has 14 aromatic rings. The monoisotopic (exact) mass is 881 g/mol. The predicted molar refractivity (Wildman–Crippen MR) is 283 cm³/mol. The standard InChI is InChI=1S/C63H39N5O/c1-4-16-40(17-5-1)44-20-14-21-45(38-44)41-30-32-43(33-31-41)62-64-61(42-18-6-2-7-19-42)65-63(66-62)46-34-35-50-51-36-37-53-52-26-15-29-56(68-54-27-12-10-24-48(54)49-25-11-13-28-55(49)68)59(52)69-60(53)58(51)67(57(50)39-46)47-22-8-3-9-23-47/h1-39H. The maximum atomic E-state index is 7.24. The van der Waals surface area contributed by atoms with Crippen molar-refractivity contribution in [2.45, 2.75) is 0 Å². The van der Waals surface area contributed by atoms with Crippen molar-refractivity contribution in [1.29, 1.82) is 0 Å². The van der Waals surface area contributed by atoms with Crippen molar-refractivity contribution in [3.8, 4) is 67.8 Å². The molecule has 0 bridgehead atoms. The summed E-state index contributed by atoms with van der Waals surface area (Å²) < 4.78 is 11.9. The van der Waals surface area contributed by atoms with Crippen LogP contribution >= 0.6 is 0 Å². The number of furan rings is 1. The fraction of sp³-hybridized carbons (Fsp3) is 0. The highest BCUT2D eigenvalue weighted by molar-refractivity contribution is 6.23. The molecule has 0 saturated carbocycles. The summed E-state index contributed by atoms with van der Waals surface area (Å²) in [4.78, 5) is 15.5. The van der Waals surface area contributed by atoms with Crippen molar-refractivity contribution in [1.82, 2.24) is 24.1 Å². The van der Waals surface area contributed by atoms with Gasteiger partial charge in [-0.1, -0.05) is 188 Å². The number of fused-ring (bicyclic) bond motifs is 10. The zero-order valence-corrected chi connectivity index (χ0v) is 37.2. The van der Waals surface area contributed by atoms with Crippen molar-refractivity contribution in [2.75, 3.05) is 0 Å². The van der Waals surface area contributed by atoms with Crippen LogP contribution in [-0.4, -0.2) is 24.1 Å². The van der Waals surface area contributed by atoms with Crippen LogP contribution in [0.4, 0.5) is 0 Å². The summed E-state index contributed by atoms with van der Waals surface area (Å²) in [6.45, 7) is 0. The van der Waals surface area contributed by atoms with E-state index >= 15 is 0 Å². The van der Waals surface area contributed by atoms with E-state index in [0.29, 0.717) is 17.5 Å². The molecule has 0 spiro atoms. The molecular formula is C63H39N5O. The molecule has 0 fully saturated rings. The van der Waals surface area contributed by atoms with Crippen molar-refractivity contribution in [2.24, 2.45) is 0 Å². The van der Waals surface area contributed by atoms with Crippen LogP contribution in [-0.2, 0) is 0 Å². The number of rotatable bonds is 7. The van der Waals surface area contributed by atoms with Gasteiger partial charge in [-0.05, 0) is 70.8 Å². The van der Waals surface area contributed by atoms with Crippen LogP contribution in [0.5, 0.6) is 0 Å². The Balaban J connectivity index is 0.944. The zero-order valence-electron chi connectivity index (χ0n) is 37.2. The van der Waals surface area contributed by atoms with E-state index in [0.717, 1.165) is 94.0 Å². The summed E-state index contributed by atoms with van der Waals surface area (Å²) in [7, 11) is 0. The molecule has 0 aliphatic carbocycles. The van der Waals surface area contributed by atoms with Gasteiger partial charge in [-0.15, -0.1) is 0 Å². The highest BCUT2D eigenvalue weighted by Crippen LogP contribution is 2.44. The van der Waals surface area contributed by atoms with E-state index in [4.69, 9.17) is 19.4 Å². The van der Waals surface area contributed by atoms with Crippen molar-refractivity contribution < 1.29 is 4.42 Å². The molecule has 14 rings (SSSR count). The lowest BCUT2D eigenvalue weighted by Gasteiger charge is -2.11. The first-order valence-electron chi connectivity index (χ1n) is 23.3. The first kappa shape index (κ1) is 38.8. The molecule has 69 heavy (non-hydrogen) atoms. The van der Waals surface area contributed by atoms with E-state index in [1.54, 1.807) is 0 Å². The van der Waals surface area contributed by atoms with Gasteiger partial charge in [0.25, 0.3) is 0 Å². The lowest BCUT2D eigenvalue weighted by atomic mass is 9.98.